The van der Waals surface area contributed by atoms with Crippen molar-refractivity contribution in [3.63, 3.8) is 0 Å². The average molecular weight is 373 g/mol. The quantitative estimate of drug-likeness (QED) is 0.840. The summed E-state index contributed by atoms with van der Waals surface area (Å²) in [4.78, 5) is 10.3. The first-order valence-electron chi connectivity index (χ1n) is 3.99. The minimum atomic E-state index is -3.80. The van der Waals surface area contributed by atoms with Gasteiger partial charge in [-0.05, 0) is 34.1 Å². The van der Waals surface area contributed by atoms with E-state index in [2.05, 4.69) is 31.9 Å². The molecule has 0 atom stereocenters. The van der Waals surface area contributed by atoms with E-state index in [1.165, 1.54) is 6.07 Å². The molecule has 0 amide bonds. The van der Waals surface area contributed by atoms with Gasteiger partial charge in [-0.3, -0.25) is 4.79 Å². The van der Waals surface area contributed by atoms with Crippen LogP contribution in [-0.4, -0.2) is 26.0 Å². The Labute approximate surface area is 109 Å². The van der Waals surface area contributed by atoms with E-state index < -0.39 is 22.5 Å². The van der Waals surface area contributed by atoms with Crippen molar-refractivity contribution in [1.29, 1.82) is 0 Å². The first-order chi connectivity index (χ1) is 7.33. The first kappa shape index (κ1) is 13.6. The Morgan fingerprint density at radius 1 is 1.38 bits per heavy atom. The van der Waals surface area contributed by atoms with Crippen LogP contribution in [0.25, 0.3) is 0 Å². The SMILES string of the molecule is O=C(O)CNS(=O)(=O)c1ccc(Br)cc1Br. The van der Waals surface area contributed by atoms with Gasteiger partial charge in [0, 0.05) is 8.95 Å². The molecule has 0 radical (unpaired) electrons. The van der Waals surface area contributed by atoms with Crippen LogP contribution in [-0.2, 0) is 14.8 Å². The maximum Gasteiger partial charge on any atom is 0.318 e. The van der Waals surface area contributed by atoms with Crippen molar-refractivity contribution >= 4 is 47.9 Å². The Hall–Kier alpha value is -0.440. The van der Waals surface area contributed by atoms with E-state index in [9.17, 15) is 13.2 Å². The van der Waals surface area contributed by atoms with Crippen LogP contribution in [0.3, 0.4) is 0 Å². The Morgan fingerprint density at radius 2 is 2.00 bits per heavy atom. The molecule has 0 spiro atoms. The van der Waals surface area contributed by atoms with E-state index in [0.29, 0.717) is 4.47 Å². The highest BCUT2D eigenvalue weighted by atomic mass is 79.9. The standard InChI is InChI=1S/C8H7Br2NO4S/c9-5-1-2-7(6(10)3-5)16(14,15)11-4-8(12)13/h1-3,11H,4H2,(H,12,13). The minimum absolute atomic E-state index is 0.00282. The molecule has 0 aliphatic carbocycles. The molecule has 88 valence electrons. The summed E-state index contributed by atoms with van der Waals surface area (Å²) in [5.74, 6) is -1.24. The van der Waals surface area contributed by atoms with E-state index >= 15 is 0 Å². The van der Waals surface area contributed by atoms with Gasteiger partial charge in [-0.1, -0.05) is 15.9 Å². The van der Waals surface area contributed by atoms with Crippen molar-refractivity contribution in [2.24, 2.45) is 0 Å². The van der Waals surface area contributed by atoms with Crippen LogP contribution in [0.2, 0.25) is 0 Å². The number of aliphatic carboxylic acids is 1. The Morgan fingerprint density at radius 3 is 2.50 bits per heavy atom. The van der Waals surface area contributed by atoms with Crippen molar-refractivity contribution in [3.8, 4) is 0 Å². The van der Waals surface area contributed by atoms with Crippen molar-refractivity contribution in [3.05, 3.63) is 27.1 Å². The zero-order valence-electron chi connectivity index (χ0n) is 7.78. The summed E-state index contributed by atoms with van der Waals surface area (Å²) in [6, 6.07) is 4.49. The van der Waals surface area contributed by atoms with Crippen LogP contribution in [0, 0.1) is 0 Å². The lowest BCUT2D eigenvalue weighted by atomic mass is 10.4. The third-order valence-corrected chi connectivity index (χ3v) is 4.47. The molecular weight excluding hydrogens is 366 g/mol. The molecule has 0 saturated heterocycles. The van der Waals surface area contributed by atoms with Gasteiger partial charge in [0.25, 0.3) is 0 Å². The smallest absolute Gasteiger partial charge is 0.318 e. The van der Waals surface area contributed by atoms with Crippen LogP contribution in [0.1, 0.15) is 0 Å². The number of hydrogen-bond acceptors (Lipinski definition) is 3. The molecule has 1 aromatic carbocycles. The van der Waals surface area contributed by atoms with E-state index in [4.69, 9.17) is 5.11 Å². The summed E-state index contributed by atoms with van der Waals surface area (Å²) in [7, 11) is -3.80. The number of carboxylic acid groups (broad SMARTS) is 1. The lowest BCUT2D eigenvalue weighted by Crippen LogP contribution is -2.29. The fraction of sp³-hybridized carbons (Fsp3) is 0.125. The predicted octanol–water partition coefficient (Wildman–Crippen LogP) is 1.57. The highest BCUT2D eigenvalue weighted by molar-refractivity contribution is 9.11. The Bertz CT molecular complexity index is 515. The largest absolute Gasteiger partial charge is 0.480 e. The molecule has 0 heterocycles. The molecule has 0 aliphatic heterocycles. The molecule has 0 aliphatic rings. The third-order valence-electron chi connectivity index (χ3n) is 1.60. The number of carbonyl (C=O) groups is 1. The maximum absolute atomic E-state index is 11.6. The molecule has 1 rings (SSSR count). The maximum atomic E-state index is 11.6. The van der Waals surface area contributed by atoms with Gasteiger partial charge < -0.3 is 5.11 Å². The lowest BCUT2D eigenvalue weighted by Gasteiger charge is -2.06. The van der Waals surface area contributed by atoms with Gasteiger partial charge in [-0.25, -0.2) is 8.42 Å². The van der Waals surface area contributed by atoms with Crippen molar-refractivity contribution in [1.82, 2.24) is 4.72 Å². The number of halogens is 2. The topological polar surface area (TPSA) is 83.5 Å². The molecular formula is C8H7Br2NO4S. The van der Waals surface area contributed by atoms with Crippen LogP contribution < -0.4 is 4.72 Å². The van der Waals surface area contributed by atoms with Gasteiger partial charge in [-0.2, -0.15) is 4.72 Å². The second-order valence-corrected chi connectivity index (χ2v) is 6.30. The lowest BCUT2D eigenvalue weighted by molar-refractivity contribution is -0.135. The molecule has 16 heavy (non-hydrogen) atoms. The monoisotopic (exact) mass is 371 g/mol. The summed E-state index contributed by atoms with van der Waals surface area (Å²) in [5.41, 5.74) is 0. The third kappa shape index (κ3) is 3.55. The fourth-order valence-electron chi connectivity index (χ4n) is 0.928. The van der Waals surface area contributed by atoms with Gasteiger partial charge in [0.15, 0.2) is 0 Å². The molecule has 8 heteroatoms. The van der Waals surface area contributed by atoms with Gasteiger partial charge in [0.05, 0.1) is 4.90 Å². The molecule has 0 unspecified atom stereocenters. The molecule has 1 aromatic rings. The zero-order valence-corrected chi connectivity index (χ0v) is 11.8. The number of carboxylic acids is 1. The second kappa shape index (κ2) is 5.26. The predicted molar refractivity (Wildman–Crippen MR) is 64.7 cm³/mol. The average Bonchev–Trinajstić information content (AvgIpc) is 2.14. The summed E-state index contributed by atoms with van der Waals surface area (Å²) in [6.45, 7) is -0.648. The van der Waals surface area contributed by atoms with Crippen molar-refractivity contribution in [2.45, 2.75) is 4.90 Å². The van der Waals surface area contributed by atoms with Crippen LogP contribution >= 0.6 is 31.9 Å². The van der Waals surface area contributed by atoms with Crippen LogP contribution in [0.4, 0.5) is 0 Å². The summed E-state index contributed by atoms with van der Waals surface area (Å²) in [6.07, 6.45) is 0. The number of sulfonamides is 1. The second-order valence-electron chi connectivity index (χ2n) is 2.79. The van der Waals surface area contributed by atoms with Crippen LogP contribution in [0.15, 0.2) is 32.0 Å². The zero-order chi connectivity index (χ0) is 12.3. The number of rotatable bonds is 4. The van der Waals surface area contributed by atoms with E-state index in [0.717, 1.165) is 4.47 Å². The first-order valence-corrected chi connectivity index (χ1v) is 7.06. The van der Waals surface area contributed by atoms with Crippen LogP contribution in [0.5, 0.6) is 0 Å². The van der Waals surface area contributed by atoms with Gasteiger partial charge in [0.1, 0.15) is 6.54 Å². The van der Waals surface area contributed by atoms with E-state index in [1.807, 2.05) is 4.72 Å². The molecule has 2 N–H and O–H groups in total. The normalized spacial score (nSPS) is 11.4. The molecule has 5 nitrogen and oxygen atoms in total. The molecule has 0 saturated carbocycles. The molecule has 0 bridgehead atoms. The minimum Gasteiger partial charge on any atom is -0.480 e. The number of benzene rings is 1. The molecule has 0 aromatic heterocycles. The van der Waals surface area contributed by atoms with Gasteiger partial charge in [-0.15, -0.1) is 0 Å². The fourth-order valence-corrected chi connectivity index (χ4v) is 3.65. The number of hydrogen-bond donors (Lipinski definition) is 2. The van der Waals surface area contributed by atoms with Gasteiger partial charge in [0.2, 0.25) is 10.0 Å². The number of nitrogens with one attached hydrogen (secondary N) is 1. The summed E-state index contributed by atoms with van der Waals surface area (Å²) < 4.78 is 26.3. The highest BCUT2D eigenvalue weighted by Gasteiger charge is 2.18. The van der Waals surface area contributed by atoms with Crippen molar-refractivity contribution in [2.75, 3.05) is 6.54 Å². The summed E-state index contributed by atoms with van der Waals surface area (Å²) >= 11 is 6.28. The summed E-state index contributed by atoms with van der Waals surface area (Å²) in [5, 5.41) is 8.39. The van der Waals surface area contributed by atoms with Crippen molar-refractivity contribution < 1.29 is 18.3 Å². The Kier molecular flexibility index (Phi) is 4.48. The van der Waals surface area contributed by atoms with E-state index in [1.54, 1.807) is 12.1 Å². The Balaban J connectivity index is 3.03. The van der Waals surface area contributed by atoms with E-state index in [-0.39, 0.29) is 4.90 Å². The van der Waals surface area contributed by atoms with Gasteiger partial charge >= 0.3 is 5.97 Å². The molecule has 0 fully saturated rings. The highest BCUT2D eigenvalue weighted by Crippen LogP contribution is 2.25.